The molecule has 28 heavy (non-hydrogen) atoms. The van der Waals surface area contributed by atoms with E-state index in [1.165, 1.54) is 33.4 Å². The normalized spacial score (nSPS) is 10.6. The lowest BCUT2D eigenvalue weighted by Gasteiger charge is -2.13. The molecule has 0 atom stereocenters. The van der Waals surface area contributed by atoms with Crippen molar-refractivity contribution >= 4 is 17.1 Å². The van der Waals surface area contributed by atoms with Crippen LogP contribution in [0.4, 0.5) is 17.1 Å². The maximum absolute atomic E-state index is 5.82. The van der Waals surface area contributed by atoms with Crippen molar-refractivity contribution in [2.45, 2.75) is 13.8 Å². The number of rotatable bonds is 4. The fraction of sp³-hybridized carbons (Fsp3) is 0.0769. The summed E-state index contributed by atoms with van der Waals surface area (Å²) in [6.07, 6.45) is 0. The van der Waals surface area contributed by atoms with Crippen molar-refractivity contribution in [1.82, 2.24) is 0 Å². The van der Waals surface area contributed by atoms with Gasteiger partial charge in [0, 0.05) is 17.1 Å². The summed E-state index contributed by atoms with van der Waals surface area (Å²) in [6, 6.07) is 31.8. The second-order valence-electron chi connectivity index (χ2n) is 7.28. The van der Waals surface area contributed by atoms with Crippen LogP contribution >= 0.6 is 0 Å². The molecule has 3 N–H and O–H groups in total. The van der Waals surface area contributed by atoms with Gasteiger partial charge in [0.15, 0.2) is 0 Å². The standard InChI is InChI=1S/C26H24N2/c1-18-3-7-20(8-4-18)22-15-23(21-9-5-19(2)6-10-21)17-26(16-22)28-25-13-11-24(27)12-14-25/h3-17,28H,27H2,1-2H3. The van der Waals surface area contributed by atoms with E-state index in [-0.39, 0.29) is 0 Å². The van der Waals surface area contributed by atoms with E-state index < -0.39 is 0 Å². The highest BCUT2D eigenvalue weighted by Crippen LogP contribution is 2.32. The Hall–Kier alpha value is -3.52. The second-order valence-corrected chi connectivity index (χ2v) is 7.28. The Morgan fingerprint density at radius 2 is 0.964 bits per heavy atom. The zero-order valence-electron chi connectivity index (χ0n) is 16.2. The topological polar surface area (TPSA) is 38.0 Å². The molecule has 0 amide bonds. The molecule has 2 heteroatoms. The number of hydrogen-bond donors (Lipinski definition) is 2. The van der Waals surface area contributed by atoms with Gasteiger partial charge >= 0.3 is 0 Å². The van der Waals surface area contributed by atoms with Gasteiger partial charge in [-0.25, -0.2) is 0 Å². The van der Waals surface area contributed by atoms with Crippen LogP contribution in [0.1, 0.15) is 11.1 Å². The molecule has 4 rings (SSSR count). The average molecular weight is 364 g/mol. The molecule has 0 fully saturated rings. The van der Waals surface area contributed by atoms with E-state index in [1.807, 2.05) is 24.3 Å². The van der Waals surface area contributed by atoms with Gasteiger partial charge in [-0.1, -0.05) is 59.7 Å². The minimum Gasteiger partial charge on any atom is -0.399 e. The predicted molar refractivity (Wildman–Crippen MR) is 121 cm³/mol. The maximum Gasteiger partial charge on any atom is 0.0396 e. The maximum atomic E-state index is 5.82. The Morgan fingerprint density at radius 1 is 0.500 bits per heavy atom. The first-order valence-corrected chi connectivity index (χ1v) is 9.48. The molecule has 0 saturated carbocycles. The van der Waals surface area contributed by atoms with Crippen LogP contribution < -0.4 is 11.1 Å². The van der Waals surface area contributed by atoms with E-state index in [4.69, 9.17) is 5.73 Å². The predicted octanol–water partition coefficient (Wildman–Crippen LogP) is 6.96. The third-order valence-corrected chi connectivity index (χ3v) is 4.90. The summed E-state index contributed by atoms with van der Waals surface area (Å²) < 4.78 is 0. The van der Waals surface area contributed by atoms with E-state index in [0.29, 0.717) is 0 Å². The van der Waals surface area contributed by atoms with Gasteiger partial charge in [0.2, 0.25) is 0 Å². The zero-order chi connectivity index (χ0) is 19.5. The molecule has 2 nitrogen and oxygen atoms in total. The molecule has 0 aromatic heterocycles. The lowest BCUT2D eigenvalue weighted by molar-refractivity contribution is 1.45. The molecule has 0 spiro atoms. The number of hydrogen-bond acceptors (Lipinski definition) is 2. The molecular weight excluding hydrogens is 340 g/mol. The lowest BCUT2D eigenvalue weighted by Crippen LogP contribution is -1.93. The summed E-state index contributed by atoms with van der Waals surface area (Å²) in [6.45, 7) is 4.22. The fourth-order valence-electron chi connectivity index (χ4n) is 3.26. The Morgan fingerprint density at radius 3 is 1.43 bits per heavy atom. The Kier molecular flexibility index (Phi) is 4.86. The van der Waals surface area contributed by atoms with Crippen molar-refractivity contribution in [2.75, 3.05) is 11.1 Å². The highest BCUT2D eigenvalue weighted by atomic mass is 14.9. The third-order valence-electron chi connectivity index (χ3n) is 4.90. The van der Waals surface area contributed by atoms with Crippen molar-refractivity contribution < 1.29 is 0 Å². The second kappa shape index (κ2) is 7.61. The lowest BCUT2D eigenvalue weighted by atomic mass is 9.97. The summed E-state index contributed by atoms with van der Waals surface area (Å²) in [5.41, 5.74) is 16.0. The van der Waals surface area contributed by atoms with Crippen molar-refractivity contribution in [1.29, 1.82) is 0 Å². The van der Waals surface area contributed by atoms with Crippen LogP contribution in [0.5, 0.6) is 0 Å². The quantitative estimate of drug-likeness (QED) is 0.384. The molecule has 0 aliphatic carbocycles. The SMILES string of the molecule is Cc1ccc(-c2cc(Nc3ccc(N)cc3)cc(-c3ccc(C)cc3)c2)cc1. The summed E-state index contributed by atoms with van der Waals surface area (Å²) in [5.74, 6) is 0. The summed E-state index contributed by atoms with van der Waals surface area (Å²) in [7, 11) is 0. The minimum absolute atomic E-state index is 0.763. The van der Waals surface area contributed by atoms with Crippen LogP contribution in [0.25, 0.3) is 22.3 Å². The van der Waals surface area contributed by atoms with Gasteiger partial charge in [-0.3, -0.25) is 0 Å². The number of nitrogens with one attached hydrogen (secondary N) is 1. The summed E-state index contributed by atoms with van der Waals surface area (Å²) in [4.78, 5) is 0. The molecule has 0 aliphatic rings. The fourth-order valence-corrected chi connectivity index (χ4v) is 3.26. The molecule has 138 valence electrons. The summed E-state index contributed by atoms with van der Waals surface area (Å²) in [5, 5.41) is 3.52. The first-order valence-electron chi connectivity index (χ1n) is 9.48. The van der Waals surface area contributed by atoms with Crippen LogP contribution in [-0.2, 0) is 0 Å². The third kappa shape index (κ3) is 4.07. The van der Waals surface area contributed by atoms with E-state index in [0.717, 1.165) is 17.1 Å². The molecule has 4 aromatic rings. The average Bonchev–Trinajstić information content (AvgIpc) is 2.71. The number of nitrogens with two attached hydrogens (primary N) is 1. The number of aryl methyl sites for hydroxylation is 2. The largest absolute Gasteiger partial charge is 0.399 e. The van der Waals surface area contributed by atoms with Gasteiger partial charge in [0.05, 0.1) is 0 Å². The number of benzene rings is 4. The Labute approximate surface area is 166 Å². The van der Waals surface area contributed by atoms with Crippen LogP contribution in [0.15, 0.2) is 91.0 Å². The summed E-state index contributed by atoms with van der Waals surface area (Å²) >= 11 is 0. The first kappa shape index (κ1) is 17.9. The van der Waals surface area contributed by atoms with Gasteiger partial charge in [0.1, 0.15) is 0 Å². The highest BCUT2D eigenvalue weighted by Gasteiger charge is 2.06. The first-order chi connectivity index (χ1) is 13.6. The molecule has 4 aromatic carbocycles. The van der Waals surface area contributed by atoms with Gasteiger partial charge in [-0.05, 0) is 78.6 Å². The van der Waals surface area contributed by atoms with Crippen molar-refractivity contribution in [3.8, 4) is 22.3 Å². The molecule has 0 bridgehead atoms. The van der Waals surface area contributed by atoms with Gasteiger partial charge in [-0.2, -0.15) is 0 Å². The van der Waals surface area contributed by atoms with Crippen LogP contribution in [0.3, 0.4) is 0 Å². The van der Waals surface area contributed by atoms with E-state index in [2.05, 4.69) is 85.9 Å². The molecule has 0 saturated heterocycles. The Balaban J connectivity index is 1.78. The monoisotopic (exact) mass is 364 g/mol. The zero-order valence-corrected chi connectivity index (χ0v) is 16.2. The van der Waals surface area contributed by atoms with Crippen LogP contribution in [-0.4, -0.2) is 0 Å². The van der Waals surface area contributed by atoms with Gasteiger partial charge in [0.25, 0.3) is 0 Å². The van der Waals surface area contributed by atoms with E-state index in [1.54, 1.807) is 0 Å². The van der Waals surface area contributed by atoms with Crippen molar-refractivity contribution in [3.05, 3.63) is 102 Å². The number of nitrogen functional groups attached to an aromatic ring is 1. The van der Waals surface area contributed by atoms with Crippen LogP contribution in [0.2, 0.25) is 0 Å². The molecule has 0 radical (unpaired) electrons. The van der Waals surface area contributed by atoms with Gasteiger partial charge in [-0.15, -0.1) is 0 Å². The molecular formula is C26H24N2. The minimum atomic E-state index is 0.763. The molecule has 0 unspecified atom stereocenters. The molecule has 0 aliphatic heterocycles. The van der Waals surface area contributed by atoms with E-state index in [9.17, 15) is 0 Å². The number of anilines is 3. The van der Waals surface area contributed by atoms with Crippen molar-refractivity contribution in [2.24, 2.45) is 0 Å². The molecule has 0 heterocycles. The van der Waals surface area contributed by atoms with Crippen LogP contribution in [0, 0.1) is 13.8 Å². The highest BCUT2D eigenvalue weighted by molar-refractivity contribution is 5.80. The van der Waals surface area contributed by atoms with Gasteiger partial charge < -0.3 is 11.1 Å². The Bertz CT molecular complexity index is 1010. The smallest absolute Gasteiger partial charge is 0.0396 e. The van der Waals surface area contributed by atoms with E-state index >= 15 is 0 Å². The van der Waals surface area contributed by atoms with Crippen molar-refractivity contribution in [3.63, 3.8) is 0 Å².